The number of ether oxygens (including phenoxy) is 3. The molecular weight excluding hydrogens is 362 g/mol. The first-order valence-corrected chi connectivity index (χ1v) is 8.82. The quantitative estimate of drug-likeness (QED) is 0.737. The molecule has 1 heterocycles. The van der Waals surface area contributed by atoms with E-state index in [-0.39, 0.29) is 18.6 Å². The van der Waals surface area contributed by atoms with Crippen LogP contribution in [-0.4, -0.2) is 55.7 Å². The zero-order valence-corrected chi connectivity index (χ0v) is 15.7. The van der Waals surface area contributed by atoms with Crippen LogP contribution in [0.1, 0.15) is 27.1 Å². The Hall–Kier alpha value is -3.35. The van der Waals surface area contributed by atoms with Crippen LogP contribution in [0.15, 0.2) is 54.6 Å². The van der Waals surface area contributed by atoms with Gasteiger partial charge in [-0.25, -0.2) is 9.59 Å². The zero-order valence-electron chi connectivity index (χ0n) is 15.7. The highest BCUT2D eigenvalue weighted by Gasteiger charge is 2.41. The van der Waals surface area contributed by atoms with Crippen molar-refractivity contribution in [3.8, 4) is 5.75 Å². The minimum absolute atomic E-state index is 0.247. The van der Waals surface area contributed by atoms with Crippen molar-refractivity contribution < 1.29 is 28.6 Å². The summed E-state index contributed by atoms with van der Waals surface area (Å²) in [7, 11) is 2.61. The van der Waals surface area contributed by atoms with Gasteiger partial charge in [0.15, 0.2) is 0 Å². The first-order valence-electron chi connectivity index (χ1n) is 8.82. The number of benzene rings is 2. The molecule has 0 unspecified atom stereocenters. The van der Waals surface area contributed by atoms with Crippen LogP contribution in [0, 0.1) is 0 Å². The van der Waals surface area contributed by atoms with Gasteiger partial charge in [-0.1, -0.05) is 18.2 Å². The van der Waals surface area contributed by atoms with E-state index in [0.717, 1.165) is 0 Å². The van der Waals surface area contributed by atoms with Crippen molar-refractivity contribution in [1.29, 1.82) is 0 Å². The largest absolute Gasteiger partial charge is 0.488 e. The van der Waals surface area contributed by atoms with Crippen LogP contribution in [0.25, 0.3) is 0 Å². The van der Waals surface area contributed by atoms with E-state index in [4.69, 9.17) is 9.47 Å². The molecule has 0 aromatic heterocycles. The molecule has 1 amide bonds. The average molecular weight is 383 g/mol. The molecule has 0 spiro atoms. The van der Waals surface area contributed by atoms with Crippen LogP contribution >= 0.6 is 0 Å². The van der Waals surface area contributed by atoms with Gasteiger partial charge in [0.1, 0.15) is 17.9 Å². The van der Waals surface area contributed by atoms with Gasteiger partial charge in [0, 0.05) is 12.0 Å². The Kier molecular flexibility index (Phi) is 5.93. The normalized spacial score (nSPS) is 18.4. The van der Waals surface area contributed by atoms with E-state index in [1.165, 1.54) is 19.1 Å². The van der Waals surface area contributed by atoms with Crippen LogP contribution < -0.4 is 4.74 Å². The standard InChI is InChI=1S/C21H21NO6/c1-26-20(24)15-8-10-16(11-9-15)28-17-12-18(21(25)27-2)22(13-17)19(23)14-6-4-3-5-7-14/h3-11,17-18H,12-13H2,1-2H3/t17-,18-/m0/s1. The molecule has 2 atom stereocenters. The first-order chi connectivity index (χ1) is 13.5. The molecule has 0 radical (unpaired) electrons. The van der Waals surface area contributed by atoms with Crippen molar-refractivity contribution >= 4 is 17.8 Å². The van der Waals surface area contributed by atoms with Crippen LogP contribution in [0.5, 0.6) is 5.75 Å². The summed E-state index contributed by atoms with van der Waals surface area (Å²) in [6.45, 7) is 0.256. The van der Waals surface area contributed by atoms with Crippen molar-refractivity contribution in [3.63, 3.8) is 0 Å². The summed E-state index contributed by atoms with van der Waals surface area (Å²) in [5.74, 6) is -0.618. The van der Waals surface area contributed by atoms with Gasteiger partial charge in [-0.3, -0.25) is 4.79 Å². The lowest BCUT2D eigenvalue weighted by Crippen LogP contribution is -2.41. The maximum Gasteiger partial charge on any atom is 0.337 e. The smallest absolute Gasteiger partial charge is 0.337 e. The van der Waals surface area contributed by atoms with Gasteiger partial charge < -0.3 is 19.1 Å². The second-order valence-corrected chi connectivity index (χ2v) is 6.35. The van der Waals surface area contributed by atoms with Crippen LogP contribution in [0.4, 0.5) is 0 Å². The van der Waals surface area contributed by atoms with E-state index in [9.17, 15) is 14.4 Å². The molecule has 0 N–H and O–H groups in total. The minimum atomic E-state index is -0.711. The van der Waals surface area contributed by atoms with Crippen LogP contribution in [0.2, 0.25) is 0 Å². The number of carbonyl (C=O) groups is 3. The fourth-order valence-corrected chi connectivity index (χ4v) is 3.19. The third kappa shape index (κ3) is 4.14. The average Bonchev–Trinajstić information content (AvgIpc) is 3.17. The summed E-state index contributed by atoms with van der Waals surface area (Å²) in [6, 6.07) is 14.6. The number of amides is 1. The molecule has 28 heavy (non-hydrogen) atoms. The molecule has 3 rings (SSSR count). The van der Waals surface area contributed by atoms with E-state index >= 15 is 0 Å². The van der Waals surface area contributed by atoms with Crippen molar-refractivity contribution in [3.05, 3.63) is 65.7 Å². The van der Waals surface area contributed by atoms with Gasteiger partial charge in [-0.05, 0) is 36.4 Å². The first kappa shape index (κ1) is 19.4. The molecule has 1 fully saturated rings. The summed E-state index contributed by atoms with van der Waals surface area (Å²) in [5.41, 5.74) is 0.911. The third-order valence-electron chi connectivity index (χ3n) is 4.60. The fourth-order valence-electron chi connectivity index (χ4n) is 3.19. The third-order valence-corrected chi connectivity index (χ3v) is 4.60. The highest BCUT2D eigenvalue weighted by molar-refractivity contribution is 5.97. The van der Waals surface area contributed by atoms with Gasteiger partial charge in [0.25, 0.3) is 5.91 Å². The number of rotatable bonds is 5. The molecule has 7 heteroatoms. The van der Waals surface area contributed by atoms with E-state index in [1.807, 2.05) is 6.07 Å². The molecule has 0 aliphatic carbocycles. The maximum absolute atomic E-state index is 12.8. The molecule has 146 valence electrons. The Morgan fingerprint density at radius 1 is 0.893 bits per heavy atom. The molecule has 0 bridgehead atoms. The number of hydrogen-bond acceptors (Lipinski definition) is 6. The van der Waals surface area contributed by atoms with Gasteiger partial charge in [0.05, 0.1) is 26.3 Å². The van der Waals surface area contributed by atoms with Crippen LogP contribution in [0.3, 0.4) is 0 Å². The van der Waals surface area contributed by atoms with E-state index in [2.05, 4.69) is 4.74 Å². The van der Waals surface area contributed by atoms with Crippen molar-refractivity contribution in [2.45, 2.75) is 18.6 Å². The highest BCUT2D eigenvalue weighted by atomic mass is 16.5. The monoisotopic (exact) mass is 383 g/mol. The van der Waals surface area contributed by atoms with Crippen molar-refractivity contribution in [1.82, 2.24) is 4.90 Å². The number of hydrogen-bond donors (Lipinski definition) is 0. The maximum atomic E-state index is 12.8. The Labute approximate surface area is 162 Å². The Bertz CT molecular complexity index is 849. The lowest BCUT2D eigenvalue weighted by molar-refractivity contribution is -0.145. The van der Waals surface area contributed by atoms with Crippen molar-refractivity contribution in [2.24, 2.45) is 0 Å². The predicted molar refractivity (Wildman–Crippen MR) is 100 cm³/mol. The van der Waals surface area contributed by atoms with E-state index in [0.29, 0.717) is 23.3 Å². The van der Waals surface area contributed by atoms with Gasteiger partial charge in [0.2, 0.25) is 0 Å². The predicted octanol–water partition coefficient (Wildman–Crippen LogP) is 2.31. The van der Waals surface area contributed by atoms with Gasteiger partial charge >= 0.3 is 11.9 Å². The Balaban J connectivity index is 1.74. The molecule has 2 aromatic rings. The summed E-state index contributed by atoms with van der Waals surface area (Å²) < 4.78 is 15.5. The molecular formula is C21H21NO6. The Morgan fingerprint density at radius 3 is 2.18 bits per heavy atom. The summed E-state index contributed by atoms with van der Waals surface area (Å²) in [6.07, 6.45) is -0.0509. The molecule has 0 saturated carbocycles. The number of nitrogens with zero attached hydrogens (tertiary/aromatic N) is 1. The summed E-state index contributed by atoms with van der Waals surface area (Å²) in [5, 5.41) is 0. The number of esters is 2. The van der Waals surface area contributed by atoms with Crippen molar-refractivity contribution in [2.75, 3.05) is 20.8 Å². The summed E-state index contributed by atoms with van der Waals surface area (Å²) in [4.78, 5) is 38.0. The second-order valence-electron chi connectivity index (χ2n) is 6.35. The lowest BCUT2D eigenvalue weighted by Gasteiger charge is -2.22. The Morgan fingerprint density at radius 2 is 1.57 bits per heavy atom. The highest BCUT2D eigenvalue weighted by Crippen LogP contribution is 2.26. The fraction of sp³-hybridized carbons (Fsp3) is 0.286. The number of likely N-dealkylation sites (tertiary alicyclic amines) is 1. The molecule has 1 aliphatic heterocycles. The number of carbonyl (C=O) groups excluding carboxylic acids is 3. The molecule has 7 nitrogen and oxygen atoms in total. The second kappa shape index (κ2) is 8.56. The SMILES string of the molecule is COC(=O)c1ccc(O[C@H]2C[C@@H](C(=O)OC)N(C(=O)c3ccccc3)C2)cc1. The molecule has 1 saturated heterocycles. The van der Waals surface area contributed by atoms with Gasteiger partial charge in [-0.2, -0.15) is 0 Å². The molecule has 2 aromatic carbocycles. The van der Waals surface area contributed by atoms with E-state index < -0.39 is 18.0 Å². The topological polar surface area (TPSA) is 82.1 Å². The number of methoxy groups -OCH3 is 2. The van der Waals surface area contributed by atoms with E-state index in [1.54, 1.807) is 48.5 Å². The molecule has 1 aliphatic rings. The minimum Gasteiger partial charge on any atom is -0.488 e. The lowest BCUT2D eigenvalue weighted by atomic mass is 10.1. The zero-order chi connectivity index (χ0) is 20.1. The summed E-state index contributed by atoms with van der Waals surface area (Å²) >= 11 is 0. The van der Waals surface area contributed by atoms with Gasteiger partial charge in [-0.15, -0.1) is 0 Å². The van der Waals surface area contributed by atoms with Crippen LogP contribution in [-0.2, 0) is 14.3 Å².